The largest absolute Gasteiger partial charge is 0.481 e. The van der Waals surface area contributed by atoms with E-state index in [0.717, 1.165) is 11.3 Å². The van der Waals surface area contributed by atoms with Crippen LogP contribution in [0.3, 0.4) is 0 Å². The zero-order chi connectivity index (χ0) is 18.0. The summed E-state index contributed by atoms with van der Waals surface area (Å²) >= 11 is 1.04. The number of anilines is 1. The van der Waals surface area contributed by atoms with E-state index < -0.39 is 11.9 Å². The third-order valence-corrected chi connectivity index (χ3v) is 5.10. The highest BCUT2D eigenvalue weighted by molar-refractivity contribution is 7.16. The number of halogens is 1. The van der Waals surface area contributed by atoms with Crippen LogP contribution in [0, 0.1) is 29.0 Å². The number of benzene rings is 1. The number of nitriles is 1. The molecule has 2 aromatic rings. The van der Waals surface area contributed by atoms with Crippen molar-refractivity contribution in [1.29, 1.82) is 5.26 Å². The average molecular weight is 359 g/mol. The standard InChI is InChI=1S/C17H14FN3O3S/c18-12-5-3-9(4-6-12)14-13(8-19)25-17(20-14)21-15(22)10-1-2-11(7-10)16(23)24/h3-6,10-11H,1-2,7H2,(H,23,24)(H,20,21,22)/t10-,11+/m1/s1. The molecule has 0 unspecified atom stereocenters. The highest BCUT2D eigenvalue weighted by Crippen LogP contribution is 2.34. The van der Waals surface area contributed by atoms with Gasteiger partial charge in [0.2, 0.25) is 5.91 Å². The molecule has 0 bridgehead atoms. The molecule has 25 heavy (non-hydrogen) atoms. The Morgan fingerprint density at radius 1 is 1.28 bits per heavy atom. The van der Waals surface area contributed by atoms with E-state index in [4.69, 9.17) is 5.11 Å². The van der Waals surface area contributed by atoms with Crippen molar-refractivity contribution in [3.63, 3.8) is 0 Å². The summed E-state index contributed by atoms with van der Waals surface area (Å²) in [5.74, 6) is -2.41. The summed E-state index contributed by atoms with van der Waals surface area (Å²) in [6.07, 6.45) is 1.31. The molecule has 0 radical (unpaired) electrons. The third kappa shape index (κ3) is 3.67. The fourth-order valence-corrected chi connectivity index (χ4v) is 3.69. The highest BCUT2D eigenvalue weighted by atomic mass is 32.1. The Kier molecular flexibility index (Phi) is 4.76. The summed E-state index contributed by atoms with van der Waals surface area (Å²) in [5, 5.41) is 21.2. The van der Waals surface area contributed by atoms with E-state index in [1.54, 1.807) is 0 Å². The number of carbonyl (C=O) groups is 2. The lowest BCUT2D eigenvalue weighted by Crippen LogP contribution is -2.21. The van der Waals surface area contributed by atoms with Gasteiger partial charge in [0.05, 0.1) is 5.92 Å². The number of rotatable bonds is 4. The Balaban J connectivity index is 1.76. The van der Waals surface area contributed by atoms with Gasteiger partial charge in [-0.05, 0) is 43.5 Å². The second kappa shape index (κ2) is 6.99. The fraction of sp³-hybridized carbons (Fsp3) is 0.294. The molecule has 0 spiro atoms. The summed E-state index contributed by atoms with van der Waals surface area (Å²) < 4.78 is 13.0. The molecule has 6 nitrogen and oxygen atoms in total. The Labute approximate surface area is 146 Å². The Morgan fingerprint density at radius 2 is 1.96 bits per heavy atom. The molecule has 1 aromatic heterocycles. The molecule has 1 aliphatic carbocycles. The van der Waals surface area contributed by atoms with E-state index in [1.165, 1.54) is 24.3 Å². The van der Waals surface area contributed by atoms with Crippen LogP contribution < -0.4 is 5.32 Å². The van der Waals surface area contributed by atoms with Crippen molar-refractivity contribution < 1.29 is 19.1 Å². The molecule has 2 atom stereocenters. The first kappa shape index (κ1) is 17.0. The van der Waals surface area contributed by atoms with Crippen LogP contribution in [0.5, 0.6) is 0 Å². The first-order valence-corrected chi connectivity index (χ1v) is 8.50. The Morgan fingerprint density at radius 3 is 2.56 bits per heavy atom. The zero-order valence-corrected chi connectivity index (χ0v) is 13.8. The van der Waals surface area contributed by atoms with Gasteiger partial charge in [-0.1, -0.05) is 11.3 Å². The maximum absolute atomic E-state index is 13.0. The number of carbonyl (C=O) groups excluding carboxylic acids is 1. The van der Waals surface area contributed by atoms with Gasteiger partial charge in [-0.3, -0.25) is 9.59 Å². The molecule has 2 N–H and O–H groups in total. The first-order chi connectivity index (χ1) is 12.0. The van der Waals surface area contributed by atoms with Crippen LogP contribution >= 0.6 is 11.3 Å². The monoisotopic (exact) mass is 359 g/mol. The fourth-order valence-electron chi connectivity index (χ4n) is 2.90. The molecule has 8 heteroatoms. The van der Waals surface area contributed by atoms with Crippen LogP contribution in [0.15, 0.2) is 24.3 Å². The topological polar surface area (TPSA) is 103 Å². The summed E-state index contributed by atoms with van der Waals surface area (Å²) in [4.78, 5) is 27.9. The van der Waals surface area contributed by atoms with E-state index in [0.29, 0.717) is 35.4 Å². The van der Waals surface area contributed by atoms with E-state index in [9.17, 15) is 19.2 Å². The van der Waals surface area contributed by atoms with Gasteiger partial charge in [0.25, 0.3) is 0 Å². The minimum Gasteiger partial charge on any atom is -0.481 e. The maximum Gasteiger partial charge on any atom is 0.306 e. The molecular formula is C17H14FN3O3S. The van der Waals surface area contributed by atoms with Crippen molar-refractivity contribution in [3.8, 4) is 17.3 Å². The van der Waals surface area contributed by atoms with Crippen LogP contribution in [0.25, 0.3) is 11.3 Å². The van der Waals surface area contributed by atoms with Crippen LogP contribution in [0.1, 0.15) is 24.1 Å². The minimum absolute atomic E-state index is 0.277. The lowest BCUT2D eigenvalue weighted by atomic mass is 10.0. The Bertz CT molecular complexity index is 857. The van der Waals surface area contributed by atoms with Crippen LogP contribution in [0.4, 0.5) is 9.52 Å². The summed E-state index contributed by atoms with van der Waals surface area (Å²) in [6.45, 7) is 0. The predicted molar refractivity (Wildman–Crippen MR) is 89.3 cm³/mol. The van der Waals surface area contributed by atoms with E-state index >= 15 is 0 Å². The lowest BCUT2D eigenvalue weighted by Gasteiger charge is -2.08. The number of aliphatic carboxylic acids is 1. The van der Waals surface area contributed by atoms with Crippen molar-refractivity contribution in [2.75, 3.05) is 5.32 Å². The van der Waals surface area contributed by atoms with Gasteiger partial charge >= 0.3 is 5.97 Å². The van der Waals surface area contributed by atoms with Crippen molar-refractivity contribution in [3.05, 3.63) is 35.0 Å². The van der Waals surface area contributed by atoms with Crippen LogP contribution in [0.2, 0.25) is 0 Å². The SMILES string of the molecule is N#Cc1sc(NC(=O)[C@@H]2CC[C@H](C(=O)O)C2)nc1-c1ccc(F)cc1. The quantitative estimate of drug-likeness (QED) is 0.872. The van der Waals surface area contributed by atoms with E-state index in [-0.39, 0.29) is 22.8 Å². The van der Waals surface area contributed by atoms with Crippen molar-refractivity contribution in [1.82, 2.24) is 4.98 Å². The van der Waals surface area contributed by atoms with Gasteiger partial charge < -0.3 is 10.4 Å². The number of amides is 1. The molecule has 1 aliphatic rings. The second-order valence-corrected chi connectivity index (χ2v) is 6.85. The van der Waals surface area contributed by atoms with Crippen molar-refractivity contribution in [2.24, 2.45) is 11.8 Å². The van der Waals surface area contributed by atoms with E-state index in [1.807, 2.05) is 6.07 Å². The normalized spacial score (nSPS) is 19.4. The molecule has 0 saturated heterocycles. The number of nitrogens with one attached hydrogen (secondary N) is 1. The van der Waals surface area contributed by atoms with Gasteiger partial charge in [-0.15, -0.1) is 0 Å². The van der Waals surface area contributed by atoms with Gasteiger partial charge in [0, 0.05) is 11.5 Å². The second-order valence-electron chi connectivity index (χ2n) is 5.85. The van der Waals surface area contributed by atoms with Gasteiger partial charge in [-0.2, -0.15) is 5.26 Å². The summed E-state index contributed by atoms with van der Waals surface area (Å²) in [5.41, 5.74) is 0.971. The molecule has 1 aromatic carbocycles. The molecule has 1 amide bonds. The average Bonchev–Trinajstić information content (AvgIpc) is 3.22. The van der Waals surface area contributed by atoms with Crippen molar-refractivity contribution >= 4 is 28.3 Å². The number of carboxylic acid groups (broad SMARTS) is 1. The van der Waals surface area contributed by atoms with Crippen LogP contribution in [-0.2, 0) is 9.59 Å². The number of nitrogens with zero attached hydrogens (tertiary/aromatic N) is 2. The number of thiazole rings is 1. The first-order valence-electron chi connectivity index (χ1n) is 7.68. The van der Waals surface area contributed by atoms with Gasteiger partial charge in [-0.25, -0.2) is 9.37 Å². The molecule has 1 saturated carbocycles. The molecule has 3 rings (SSSR count). The number of hydrogen-bond acceptors (Lipinski definition) is 5. The van der Waals surface area contributed by atoms with Gasteiger partial charge in [0.15, 0.2) is 5.13 Å². The van der Waals surface area contributed by atoms with Crippen LogP contribution in [-0.4, -0.2) is 22.0 Å². The summed E-state index contributed by atoms with van der Waals surface area (Å²) in [6, 6.07) is 7.62. The number of aromatic nitrogens is 1. The molecule has 0 aliphatic heterocycles. The molecule has 128 valence electrons. The zero-order valence-electron chi connectivity index (χ0n) is 13.0. The maximum atomic E-state index is 13.0. The predicted octanol–water partition coefficient (Wildman–Crippen LogP) is 3.26. The van der Waals surface area contributed by atoms with E-state index in [2.05, 4.69) is 10.3 Å². The van der Waals surface area contributed by atoms with Gasteiger partial charge in [0.1, 0.15) is 22.5 Å². The molecule has 1 heterocycles. The Hall–Kier alpha value is -2.79. The number of carboxylic acids is 1. The van der Waals surface area contributed by atoms with Crippen molar-refractivity contribution in [2.45, 2.75) is 19.3 Å². The smallest absolute Gasteiger partial charge is 0.306 e. The highest BCUT2D eigenvalue weighted by Gasteiger charge is 2.34. The summed E-state index contributed by atoms with van der Waals surface area (Å²) in [7, 11) is 0. The number of hydrogen-bond donors (Lipinski definition) is 2. The molecular weight excluding hydrogens is 345 g/mol. The molecule has 1 fully saturated rings. The lowest BCUT2D eigenvalue weighted by molar-refractivity contribution is -0.141. The third-order valence-electron chi connectivity index (χ3n) is 4.23. The minimum atomic E-state index is -0.880.